The van der Waals surface area contributed by atoms with E-state index in [1.807, 2.05) is 12.1 Å². The standard InChI is InChI=1S/C17H18N2O3/c1-19(17(21)13-6-7-16(20)18-9-13)10-15-8-12-4-2-3-5-14(12)11-22-15/h2-7,9,15H,8,10-11H2,1H3,(H,18,20). The van der Waals surface area contributed by atoms with Crippen LogP contribution in [-0.2, 0) is 17.8 Å². The highest BCUT2D eigenvalue weighted by Gasteiger charge is 2.22. The van der Waals surface area contributed by atoms with Crippen LogP contribution in [0.3, 0.4) is 0 Å². The number of pyridine rings is 1. The van der Waals surface area contributed by atoms with E-state index in [4.69, 9.17) is 4.74 Å². The average molecular weight is 298 g/mol. The maximum Gasteiger partial charge on any atom is 0.255 e. The number of nitrogens with zero attached hydrogens (tertiary/aromatic N) is 1. The number of hydrogen-bond donors (Lipinski definition) is 1. The number of benzene rings is 1. The molecule has 1 aromatic heterocycles. The van der Waals surface area contributed by atoms with Gasteiger partial charge in [0.15, 0.2) is 0 Å². The van der Waals surface area contributed by atoms with Gasteiger partial charge in [-0.05, 0) is 17.2 Å². The Morgan fingerprint density at radius 3 is 2.77 bits per heavy atom. The quantitative estimate of drug-likeness (QED) is 0.936. The minimum atomic E-state index is -0.216. The monoisotopic (exact) mass is 298 g/mol. The zero-order valence-electron chi connectivity index (χ0n) is 12.4. The average Bonchev–Trinajstić information content (AvgIpc) is 2.55. The van der Waals surface area contributed by atoms with Gasteiger partial charge < -0.3 is 14.6 Å². The second-order valence-corrected chi connectivity index (χ2v) is 5.53. The number of aromatic nitrogens is 1. The summed E-state index contributed by atoms with van der Waals surface area (Å²) in [6.45, 7) is 1.10. The maximum absolute atomic E-state index is 12.3. The van der Waals surface area contributed by atoms with Gasteiger partial charge in [0.05, 0.1) is 18.3 Å². The molecule has 0 radical (unpaired) electrons. The van der Waals surface area contributed by atoms with Crippen LogP contribution in [0.4, 0.5) is 0 Å². The fourth-order valence-corrected chi connectivity index (χ4v) is 2.68. The SMILES string of the molecule is CN(CC1Cc2ccccc2CO1)C(=O)c1ccc(=O)[nH]c1. The van der Waals surface area contributed by atoms with Crippen LogP contribution in [0, 0.1) is 0 Å². The Bertz CT molecular complexity index is 718. The minimum absolute atomic E-state index is 0.00777. The van der Waals surface area contributed by atoms with E-state index in [2.05, 4.69) is 17.1 Å². The van der Waals surface area contributed by atoms with E-state index in [-0.39, 0.29) is 17.6 Å². The molecule has 0 bridgehead atoms. The molecule has 0 aliphatic carbocycles. The van der Waals surface area contributed by atoms with Crippen LogP contribution in [0.1, 0.15) is 21.5 Å². The largest absolute Gasteiger partial charge is 0.371 e. The Labute approximate surface area is 128 Å². The van der Waals surface area contributed by atoms with Crippen LogP contribution >= 0.6 is 0 Å². The van der Waals surface area contributed by atoms with Crippen molar-refractivity contribution < 1.29 is 9.53 Å². The first-order chi connectivity index (χ1) is 10.6. The van der Waals surface area contributed by atoms with E-state index in [0.717, 1.165) is 6.42 Å². The van der Waals surface area contributed by atoms with Gasteiger partial charge in [-0.1, -0.05) is 24.3 Å². The van der Waals surface area contributed by atoms with Gasteiger partial charge in [0.2, 0.25) is 5.56 Å². The van der Waals surface area contributed by atoms with Crippen molar-refractivity contribution in [2.24, 2.45) is 0 Å². The summed E-state index contributed by atoms with van der Waals surface area (Å²) in [5.74, 6) is -0.126. The summed E-state index contributed by atoms with van der Waals surface area (Å²) in [5.41, 5.74) is 2.75. The number of amides is 1. The summed E-state index contributed by atoms with van der Waals surface area (Å²) in [7, 11) is 1.75. The number of hydrogen-bond acceptors (Lipinski definition) is 3. The Hall–Kier alpha value is -2.40. The first-order valence-corrected chi connectivity index (χ1v) is 7.26. The molecule has 1 aliphatic heterocycles. The van der Waals surface area contributed by atoms with Crippen molar-refractivity contribution in [3.63, 3.8) is 0 Å². The lowest BCUT2D eigenvalue weighted by atomic mass is 9.99. The molecule has 1 aliphatic rings. The molecule has 0 saturated carbocycles. The van der Waals surface area contributed by atoms with Crippen molar-refractivity contribution in [1.29, 1.82) is 0 Å². The van der Waals surface area contributed by atoms with Gasteiger partial charge in [-0.3, -0.25) is 9.59 Å². The molecule has 0 spiro atoms. The van der Waals surface area contributed by atoms with Gasteiger partial charge in [-0.15, -0.1) is 0 Å². The lowest BCUT2D eigenvalue weighted by molar-refractivity contribution is 0.00984. The van der Waals surface area contributed by atoms with Crippen LogP contribution in [0.5, 0.6) is 0 Å². The third-order valence-electron chi connectivity index (χ3n) is 3.90. The van der Waals surface area contributed by atoms with Crippen LogP contribution in [0.25, 0.3) is 0 Å². The Balaban J connectivity index is 1.65. The lowest BCUT2D eigenvalue weighted by Gasteiger charge is -2.29. The zero-order valence-corrected chi connectivity index (χ0v) is 12.4. The van der Waals surface area contributed by atoms with Gasteiger partial charge in [-0.2, -0.15) is 0 Å². The second kappa shape index (κ2) is 6.15. The van der Waals surface area contributed by atoms with Crippen molar-refractivity contribution in [2.45, 2.75) is 19.1 Å². The smallest absolute Gasteiger partial charge is 0.255 e. The number of rotatable bonds is 3. The minimum Gasteiger partial charge on any atom is -0.371 e. The molecule has 3 rings (SSSR count). The molecule has 0 saturated heterocycles. The molecule has 0 fully saturated rings. The predicted octanol–water partition coefficient (Wildman–Crippen LogP) is 1.59. The van der Waals surface area contributed by atoms with E-state index >= 15 is 0 Å². The highest BCUT2D eigenvalue weighted by Crippen LogP contribution is 2.20. The molecule has 2 heterocycles. The molecular weight excluding hydrogens is 280 g/mol. The Kier molecular flexibility index (Phi) is 4.06. The van der Waals surface area contributed by atoms with E-state index in [1.165, 1.54) is 29.5 Å². The molecule has 1 N–H and O–H groups in total. The zero-order chi connectivity index (χ0) is 15.5. The number of H-pyrrole nitrogens is 1. The summed E-state index contributed by atoms with van der Waals surface area (Å²) >= 11 is 0. The first-order valence-electron chi connectivity index (χ1n) is 7.26. The van der Waals surface area contributed by atoms with Gasteiger partial charge in [0.25, 0.3) is 5.91 Å². The molecule has 1 atom stereocenters. The van der Waals surface area contributed by atoms with Gasteiger partial charge >= 0.3 is 0 Å². The van der Waals surface area contributed by atoms with Gasteiger partial charge in [0.1, 0.15) is 0 Å². The van der Waals surface area contributed by atoms with Gasteiger partial charge in [0, 0.05) is 32.3 Å². The Morgan fingerprint density at radius 2 is 2.05 bits per heavy atom. The van der Waals surface area contributed by atoms with Crippen molar-refractivity contribution in [1.82, 2.24) is 9.88 Å². The molecule has 2 aromatic rings. The number of aromatic amines is 1. The van der Waals surface area contributed by atoms with Crippen LogP contribution in [0.15, 0.2) is 47.4 Å². The third-order valence-corrected chi connectivity index (χ3v) is 3.90. The van der Waals surface area contributed by atoms with Crippen LogP contribution in [-0.4, -0.2) is 35.5 Å². The molecule has 1 aromatic carbocycles. The highest BCUT2D eigenvalue weighted by molar-refractivity contribution is 5.93. The number of ether oxygens (including phenoxy) is 1. The first kappa shape index (κ1) is 14.5. The molecule has 1 unspecified atom stereocenters. The topological polar surface area (TPSA) is 62.4 Å². The molecule has 114 valence electrons. The van der Waals surface area contributed by atoms with Crippen molar-refractivity contribution in [3.8, 4) is 0 Å². The van der Waals surface area contributed by atoms with Crippen molar-refractivity contribution in [3.05, 3.63) is 69.6 Å². The van der Waals surface area contributed by atoms with E-state index in [1.54, 1.807) is 11.9 Å². The van der Waals surface area contributed by atoms with E-state index in [0.29, 0.717) is 18.7 Å². The lowest BCUT2D eigenvalue weighted by Crippen LogP contribution is -2.38. The fourth-order valence-electron chi connectivity index (χ4n) is 2.68. The second-order valence-electron chi connectivity index (χ2n) is 5.53. The van der Waals surface area contributed by atoms with Gasteiger partial charge in [-0.25, -0.2) is 0 Å². The maximum atomic E-state index is 12.3. The number of fused-ring (bicyclic) bond motifs is 1. The molecule has 5 nitrogen and oxygen atoms in total. The number of likely N-dealkylation sites (N-methyl/N-ethyl adjacent to an activating group) is 1. The van der Waals surface area contributed by atoms with E-state index in [9.17, 15) is 9.59 Å². The summed E-state index contributed by atoms with van der Waals surface area (Å²) in [6.07, 6.45) is 2.24. The Morgan fingerprint density at radius 1 is 1.27 bits per heavy atom. The van der Waals surface area contributed by atoms with E-state index < -0.39 is 0 Å². The number of carbonyl (C=O) groups is 1. The van der Waals surface area contributed by atoms with Crippen molar-refractivity contribution in [2.75, 3.05) is 13.6 Å². The number of nitrogens with one attached hydrogen (secondary N) is 1. The molecular formula is C17H18N2O3. The highest BCUT2D eigenvalue weighted by atomic mass is 16.5. The normalized spacial score (nSPS) is 16.9. The number of carbonyl (C=O) groups excluding carboxylic acids is 1. The van der Waals surface area contributed by atoms with Crippen LogP contribution in [0.2, 0.25) is 0 Å². The fraction of sp³-hybridized carbons (Fsp3) is 0.294. The molecule has 1 amide bonds. The summed E-state index contributed by atoms with van der Waals surface area (Å²) < 4.78 is 5.83. The van der Waals surface area contributed by atoms with Crippen molar-refractivity contribution >= 4 is 5.91 Å². The molecule has 5 heteroatoms. The third kappa shape index (κ3) is 3.09. The van der Waals surface area contributed by atoms with Crippen LogP contribution < -0.4 is 5.56 Å². The summed E-state index contributed by atoms with van der Waals surface area (Å²) in [4.78, 5) is 27.5. The molecule has 22 heavy (non-hydrogen) atoms. The summed E-state index contributed by atoms with van der Waals surface area (Å²) in [5, 5.41) is 0. The predicted molar refractivity (Wildman–Crippen MR) is 82.7 cm³/mol. The summed E-state index contributed by atoms with van der Waals surface area (Å²) in [6, 6.07) is 11.1.